The van der Waals surface area contributed by atoms with Crippen LogP contribution < -0.4 is 10.5 Å². The zero-order valence-electron chi connectivity index (χ0n) is 10.0. The molecule has 0 aliphatic carbocycles. The maximum atomic E-state index is 11.9. The number of rotatable bonds is 7. The lowest BCUT2D eigenvalue weighted by molar-refractivity contribution is -0.0498. The minimum atomic E-state index is -2.78. The molecule has 0 heterocycles. The largest absolute Gasteiger partial charge is 0.435 e. The summed E-state index contributed by atoms with van der Waals surface area (Å²) in [5, 5.41) is 0. The number of unbranched alkanes of at least 4 members (excludes halogenated alkanes) is 2. The third kappa shape index (κ3) is 5.13. The summed E-state index contributed by atoms with van der Waals surface area (Å²) in [6.45, 7) is -0.638. The molecule has 17 heavy (non-hydrogen) atoms. The van der Waals surface area contributed by atoms with Crippen LogP contribution in [0.5, 0.6) is 5.75 Å². The fraction of sp³-hybridized carbons (Fsp3) is 0.538. The molecule has 1 atom stereocenters. The smallest absolute Gasteiger partial charge is 0.387 e. The molecule has 0 aliphatic heterocycles. The molecule has 4 heteroatoms. The molecule has 96 valence electrons. The van der Waals surface area contributed by atoms with Gasteiger partial charge in [-0.1, -0.05) is 38.3 Å². The molecule has 0 unspecified atom stereocenters. The second kappa shape index (κ2) is 7.22. The fourth-order valence-corrected chi connectivity index (χ4v) is 1.68. The van der Waals surface area contributed by atoms with Crippen molar-refractivity contribution in [3.05, 3.63) is 29.8 Å². The normalized spacial score (nSPS) is 12.8. The molecular weight excluding hydrogens is 224 g/mol. The first-order chi connectivity index (χ1) is 8.13. The van der Waals surface area contributed by atoms with Crippen LogP contribution in [0.15, 0.2) is 24.3 Å². The van der Waals surface area contributed by atoms with Crippen LogP contribution in [0.25, 0.3) is 0 Å². The van der Waals surface area contributed by atoms with Gasteiger partial charge < -0.3 is 10.5 Å². The van der Waals surface area contributed by atoms with Crippen molar-refractivity contribution < 1.29 is 13.5 Å². The minimum Gasteiger partial charge on any atom is -0.435 e. The molecule has 2 nitrogen and oxygen atoms in total. The van der Waals surface area contributed by atoms with Crippen LogP contribution >= 0.6 is 0 Å². The molecule has 2 N–H and O–H groups in total. The first-order valence-corrected chi connectivity index (χ1v) is 5.93. The first-order valence-electron chi connectivity index (χ1n) is 5.93. The molecule has 0 bridgehead atoms. The first kappa shape index (κ1) is 13.9. The highest BCUT2D eigenvalue weighted by molar-refractivity contribution is 5.29. The van der Waals surface area contributed by atoms with E-state index in [1.165, 1.54) is 18.6 Å². The summed E-state index contributed by atoms with van der Waals surface area (Å²) < 4.78 is 28.1. The number of alkyl halides is 2. The summed E-state index contributed by atoms with van der Waals surface area (Å²) in [6, 6.07) is 6.52. The van der Waals surface area contributed by atoms with Gasteiger partial charge in [0.25, 0.3) is 0 Å². The van der Waals surface area contributed by atoms with Gasteiger partial charge in [-0.15, -0.1) is 0 Å². The van der Waals surface area contributed by atoms with Gasteiger partial charge in [-0.05, 0) is 24.1 Å². The van der Waals surface area contributed by atoms with Crippen molar-refractivity contribution in [1.82, 2.24) is 0 Å². The number of hydrogen-bond donors (Lipinski definition) is 1. The van der Waals surface area contributed by atoms with Crippen LogP contribution in [0.3, 0.4) is 0 Å². The lowest BCUT2D eigenvalue weighted by Crippen LogP contribution is -2.10. The topological polar surface area (TPSA) is 35.2 Å². The Labute approximate surface area is 101 Å². The monoisotopic (exact) mass is 243 g/mol. The van der Waals surface area contributed by atoms with E-state index in [-0.39, 0.29) is 11.8 Å². The Hall–Kier alpha value is -1.16. The number of benzene rings is 1. The van der Waals surface area contributed by atoms with Crippen molar-refractivity contribution in [2.45, 2.75) is 45.3 Å². The van der Waals surface area contributed by atoms with Crippen molar-refractivity contribution >= 4 is 0 Å². The summed E-state index contributed by atoms with van der Waals surface area (Å²) in [5.41, 5.74) is 6.96. The number of halogens is 2. The van der Waals surface area contributed by atoms with Crippen LogP contribution in [0.1, 0.15) is 44.2 Å². The maximum absolute atomic E-state index is 11.9. The third-order valence-corrected chi connectivity index (χ3v) is 2.65. The van der Waals surface area contributed by atoms with Crippen molar-refractivity contribution in [2.24, 2.45) is 5.73 Å². The fourth-order valence-electron chi connectivity index (χ4n) is 1.68. The van der Waals surface area contributed by atoms with Gasteiger partial charge in [0.1, 0.15) is 5.75 Å². The molecule has 0 spiro atoms. The van der Waals surface area contributed by atoms with Crippen molar-refractivity contribution in [3.8, 4) is 5.75 Å². The average Bonchev–Trinajstić information content (AvgIpc) is 2.29. The van der Waals surface area contributed by atoms with Crippen LogP contribution in [0.2, 0.25) is 0 Å². The van der Waals surface area contributed by atoms with Crippen molar-refractivity contribution in [3.63, 3.8) is 0 Å². The van der Waals surface area contributed by atoms with Crippen LogP contribution in [-0.4, -0.2) is 6.61 Å². The van der Waals surface area contributed by atoms with E-state index < -0.39 is 6.61 Å². The average molecular weight is 243 g/mol. The highest BCUT2D eigenvalue weighted by Gasteiger charge is 2.07. The van der Waals surface area contributed by atoms with Gasteiger partial charge in [-0.2, -0.15) is 8.78 Å². The van der Waals surface area contributed by atoms with Gasteiger partial charge in [0, 0.05) is 6.04 Å². The van der Waals surface area contributed by atoms with Gasteiger partial charge >= 0.3 is 6.61 Å². The second-order valence-electron chi connectivity index (χ2n) is 4.05. The lowest BCUT2D eigenvalue weighted by Gasteiger charge is -2.12. The molecule has 0 amide bonds. The Morgan fingerprint density at radius 2 is 1.82 bits per heavy atom. The zero-order chi connectivity index (χ0) is 12.7. The predicted molar refractivity (Wildman–Crippen MR) is 64.1 cm³/mol. The Balaban J connectivity index is 2.48. The van der Waals surface area contributed by atoms with E-state index in [2.05, 4.69) is 11.7 Å². The molecule has 0 radical (unpaired) electrons. The van der Waals surface area contributed by atoms with E-state index in [1.807, 2.05) is 0 Å². The van der Waals surface area contributed by atoms with E-state index in [9.17, 15) is 8.78 Å². The highest BCUT2D eigenvalue weighted by atomic mass is 19.3. The summed E-state index contributed by atoms with van der Waals surface area (Å²) >= 11 is 0. The summed E-state index contributed by atoms with van der Waals surface area (Å²) in [4.78, 5) is 0. The van der Waals surface area contributed by atoms with E-state index in [4.69, 9.17) is 5.73 Å². The van der Waals surface area contributed by atoms with E-state index in [1.54, 1.807) is 12.1 Å². The van der Waals surface area contributed by atoms with Gasteiger partial charge in [-0.3, -0.25) is 0 Å². The number of hydrogen-bond acceptors (Lipinski definition) is 2. The van der Waals surface area contributed by atoms with Crippen LogP contribution in [-0.2, 0) is 0 Å². The summed E-state index contributed by atoms with van der Waals surface area (Å²) in [5.74, 6) is 0.171. The second-order valence-corrected chi connectivity index (χ2v) is 4.05. The highest BCUT2D eigenvalue weighted by Crippen LogP contribution is 2.21. The Kier molecular flexibility index (Phi) is 5.91. The summed E-state index contributed by atoms with van der Waals surface area (Å²) in [7, 11) is 0. The Bertz CT molecular complexity index is 314. The number of nitrogens with two attached hydrogens (primary N) is 1. The van der Waals surface area contributed by atoms with Gasteiger partial charge in [-0.25, -0.2) is 0 Å². The van der Waals surface area contributed by atoms with Gasteiger partial charge in [0.15, 0.2) is 0 Å². The summed E-state index contributed by atoms with van der Waals surface area (Å²) in [6.07, 6.45) is 4.34. The maximum Gasteiger partial charge on any atom is 0.387 e. The SMILES string of the molecule is CCCCC[C@H](N)c1ccc(OC(F)F)cc1. The molecule has 1 aromatic carbocycles. The molecule has 1 rings (SSSR count). The molecule has 1 aromatic rings. The van der Waals surface area contributed by atoms with Crippen molar-refractivity contribution in [1.29, 1.82) is 0 Å². The molecule has 0 saturated heterocycles. The Morgan fingerprint density at radius 1 is 1.18 bits per heavy atom. The zero-order valence-corrected chi connectivity index (χ0v) is 10.0. The Morgan fingerprint density at radius 3 is 2.35 bits per heavy atom. The van der Waals surface area contributed by atoms with Crippen LogP contribution in [0.4, 0.5) is 8.78 Å². The van der Waals surface area contributed by atoms with Crippen molar-refractivity contribution in [2.75, 3.05) is 0 Å². The standard InChI is InChI=1S/C13H19F2NO/c1-2-3-4-5-12(16)10-6-8-11(9-7-10)17-13(14)15/h6-9,12-13H,2-5,16H2,1H3/t12-/m0/s1. The minimum absolute atomic E-state index is 0.0258. The number of ether oxygens (including phenoxy) is 1. The lowest BCUT2D eigenvalue weighted by atomic mass is 10.0. The molecule has 0 fully saturated rings. The van der Waals surface area contributed by atoms with Gasteiger partial charge in [0.2, 0.25) is 0 Å². The molecule has 0 aliphatic rings. The van der Waals surface area contributed by atoms with Gasteiger partial charge in [0.05, 0.1) is 0 Å². The predicted octanol–water partition coefficient (Wildman–Crippen LogP) is 3.87. The molecular formula is C13H19F2NO. The molecule has 0 aromatic heterocycles. The van der Waals surface area contributed by atoms with Crippen LogP contribution in [0, 0.1) is 0 Å². The molecule has 0 saturated carbocycles. The van der Waals surface area contributed by atoms with E-state index in [0.717, 1.165) is 24.8 Å². The third-order valence-electron chi connectivity index (χ3n) is 2.65. The quantitative estimate of drug-likeness (QED) is 0.738. The van der Waals surface area contributed by atoms with E-state index in [0.29, 0.717) is 0 Å². The van der Waals surface area contributed by atoms with E-state index >= 15 is 0 Å².